The van der Waals surface area contributed by atoms with Gasteiger partial charge in [0.15, 0.2) is 6.29 Å². The summed E-state index contributed by atoms with van der Waals surface area (Å²) in [5, 5.41) is 53.8. The smallest absolute Gasteiger partial charge is 0.322 e. The largest absolute Gasteiger partial charge is 0.480 e. The molecule has 0 aromatic carbocycles. The van der Waals surface area contributed by atoms with Gasteiger partial charge in [0.05, 0.1) is 6.61 Å². The molecule has 0 spiro atoms. The van der Waals surface area contributed by atoms with Crippen LogP contribution in [0.3, 0.4) is 0 Å². The molecule has 0 unspecified atom stereocenters. The number of aliphatic hydroxyl groups is 5. The van der Waals surface area contributed by atoms with E-state index in [0.717, 1.165) is 0 Å². The van der Waals surface area contributed by atoms with Crippen LogP contribution in [-0.4, -0.2) is 86.4 Å². The van der Waals surface area contributed by atoms with Crippen molar-refractivity contribution in [1.82, 2.24) is 5.32 Å². The lowest BCUT2D eigenvalue weighted by Gasteiger charge is -2.22. The van der Waals surface area contributed by atoms with Gasteiger partial charge in [0.25, 0.3) is 0 Å². The third-order valence-electron chi connectivity index (χ3n) is 2.18. The summed E-state index contributed by atoms with van der Waals surface area (Å²) in [7, 11) is 0. The molecule has 0 heterocycles. The highest BCUT2D eigenvalue weighted by atomic mass is 16.4. The number of nitrogens with one attached hydrogen (secondary N) is 1. The van der Waals surface area contributed by atoms with Crippen molar-refractivity contribution < 1.29 is 45.0 Å². The summed E-state index contributed by atoms with van der Waals surface area (Å²) < 4.78 is 0. The van der Waals surface area contributed by atoms with Crippen molar-refractivity contribution in [2.24, 2.45) is 0 Å². The van der Waals surface area contributed by atoms with E-state index in [2.05, 4.69) is 5.32 Å². The zero-order valence-corrected chi connectivity index (χ0v) is 11.4. The number of hydrogen-bond acceptors (Lipinski definition) is 8. The average molecular weight is 311 g/mol. The third kappa shape index (κ3) is 10.8. The lowest BCUT2D eigenvalue weighted by Crippen LogP contribution is -2.46. The Kier molecular flexibility index (Phi) is 12.6. The Hall–Kier alpha value is -1.59. The number of carboxylic acid groups (broad SMARTS) is 1. The molecule has 10 nitrogen and oxygen atoms in total. The maximum atomic E-state index is 10.3. The molecule has 0 aliphatic carbocycles. The van der Waals surface area contributed by atoms with Crippen LogP contribution in [0.4, 0.5) is 0 Å². The van der Waals surface area contributed by atoms with Crippen LogP contribution >= 0.6 is 0 Å². The highest BCUT2D eigenvalue weighted by Gasteiger charge is 2.29. The van der Waals surface area contributed by atoms with Crippen molar-refractivity contribution >= 4 is 18.2 Å². The maximum absolute atomic E-state index is 10.3. The Bertz CT molecular complexity index is 323. The van der Waals surface area contributed by atoms with E-state index in [1.54, 1.807) is 6.92 Å². The van der Waals surface area contributed by atoms with Crippen LogP contribution in [0.5, 0.6) is 0 Å². The van der Waals surface area contributed by atoms with Crippen LogP contribution in [0.25, 0.3) is 0 Å². The van der Waals surface area contributed by atoms with E-state index in [1.165, 1.54) is 0 Å². The quantitative estimate of drug-likeness (QED) is 0.221. The summed E-state index contributed by atoms with van der Waals surface area (Å²) in [6.45, 7) is 0.619. The van der Waals surface area contributed by atoms with E-state index < -0.39 is 37.0 Å². The van der Waals surface area contributed by atoms with Crippen molar-refractivity contribution in [1.29, 1.82) is 0 Å². The van der Waals surface area contributed by atoms with Crippen LogP contribution in [0.2, 0.25) is 0 Å². The molecule has 0 rings (SSSR count). The first-order chi connectivity index (χ1) is 9.70. The molecule has 0 saturated carbocycles. The zero-order valence-electron chi connectivity index (χ0n) is 11.4. The number of aliphatic hydroxyl groups excluding tert-OH is 5. The topological polar surface area (TPSA) is 185 Å². The number of amides is 1. The molecular weight excluding hydrogens is 290 g/mol. The number of aliphatic carboxylic acids is 1. The average Bonchev–Trinajstić information content (AvgIpc) is 2.49. The first-order valence-electron chi connectivity index (χ1n) is 5.98. The SMILES string of the molecule is CCC(=O)NCC(=O)O.O=C[C@H](O)[C@@H](O)[C@H](O)[C@H](O)CO. The molecule has 0 aromatic heterocycles. The molecule has 4 atom stereocenters. The zero-order chi connectivity index (χ0) is 17.0. The summed E-state index contributed by atoms with van der Waals surface area (Å²) in [6, 6.07) is 0. The Balaban J connectivity index is 0. The van der Waals surface area contributed by atoms with E-state index in [1.807, 2.05) is 0 Å². The van der Waals surface area contributed by atoms with E-state index in [9.17, 15) is 14.4 Å². The molecule has 0 saturated heterocycles. The van der Waals surface area contributed by atoms with Gasteiger partial charge in [-0.25, -0.2) is 0 Å². The van der Waals surface area contributed by atoms with Crippen molar-refractivity contribution in [3.63, 3.8) is 0 Å². The van der Waals surface area contributed by atoms with E-state index >= 15 is 0 Å². The van der Waals surface area contributed by atoms with Gasteiger partial charge in [0, 0.05) is 6.42 Å². The Morgan fingerprint density at radius 2 is 1.67 bits per heavy atom. The fourth-order valence-corrected chi connectivity index (χ4v) is 0.917. The molecule has 0 aliphatic heterocycles. The van der Waals surface area contributed by atoms with Crippen molar-refractivity contribution in [2.45, 2.75) is 37.8 Å². The van der Waals surface area contributed by atoms with Crippen molar-refractivity contribution in [3.8, 4) is 0 Å². The standard InChI is InChI=1S/C6H12O6.C5H9NO3/c7-1-3(9)5(11)6(12)4(10)2-8;1-2-4(7)6-3-5(8)9/h1,3-6,8-12H,2H2;2-3H2,1H3,(H,6,7)(H,8,9)/t3-,4+,5+,6+;/m0./s1. The predicted octanol–water partition coefficient (Wildman–Crippen LogP) is -3.78. The highest BCUT2D eigenvalue weighted by Crippen LogP contribution is 2.02. The van der Waals surface area contributed by atoms with Crippen molar-refractivity contribution in [3.05, 3.63) is 0 Å². The van der Waals surface area contributed by atoms with Gasteiger partial charge in [0.2, 0.25) is 5.91 Å². The van der Waals surface area contributed by atoms with E-state index in [0.29, 0.717) is 6.42 Å². The van der Waals surface area contributed by atoms with Gasteiger partial charge in [0.1, 0.15) is 31.0 Å². The minimum Gasteiger partial charge on any atom is -0.480 e. The number of hydrogen-bond donors (Lipinski definition) is 7. The van der Waals surface area contributed by atoms with Gasteiger partial charge < -0.3 is 40.8 Å². The van der Waals surface area contributed by atoms with Gasteiger partial charge in [-0.2, -0.15) is 0 Å². The van der Waals surface area contributed by atoms with Crippen LogP contribution < -0.4 is 5.32 Å². The molecule has 0 aromatic rings. The monoisotopic (exact) mass is 311 g/mol. The summed E-state index contributed by atoms with van der Waals surface area (Å²) in [5.41, 5.74) is 0. The van der Waals surface area contributed by atoms with Crippen molar-refractivity contribution in [2.75, 3.05) is 13.2 Å². The lowest BCUT2D eigenvalue weighted by molar-refractivity contribution is -0.138. The Morgan fingerprint density at radius 1 is 1.14 bits per heavy atom. The molecular formula is C11H21NO9. The number of carboxylic acids is 1. The van der Waals surface area contributed by atoms with Crippen LogP contribution in [0.15, 0.2) is 0 Å². The first-order valence-corrected chi connectivity index (χ1v) is 5.98. The molecule has 0 bridgehead atoms. The third-order valence-corrected chi connectivity index (χ3v) is 2.18. The first kappa shape index (κ1) is 21.7. The van der Waals surface area contributed by atoms with Crippen LogP contribution in [0.1, 0.15) is 13.3 Å². The fraction of sp³-hybridized carbons (Fsp3) is 0.727. The van der Waals surface area contributed by atoms with Crippen LogP contribution in [0, 0.1) is 0 Å². The van der Waals surface area contributed by atoms with Gasteiger partial charge in [-0.05, 0) is 0 Å². The summed E-state index contributed by atoms with van der Waals surface area (Å²) in [4.78, 5) is 30.0. The minimum atomic E-state index is -1.79. The maximum Gasteiger partial charge on any atom is 0.322 e. The summed E-state index contributed by atoms with van der Waals surface area (Å²) in [5.74, 6) is -1.26. The molecule has 21 heavy (non-hydrogen) atoms. The number of aldehydes is 1. The van der Waals surface area contributed by atoms with E-state index in [4.69, 9.17) is 30.6 Å². The second kappa shape index (κ2) is 12.2. The normalized spacial score (nSPS) is 15.7. The predicted molar refractivity (Wildman–Crippen MR) is 68.1 cm³/mol. The molecule has 0 aliphatic rings. The van der Waals surface area contributed by atoms with Gasteiger partial charge in [-0.1, -0.05) is 6.92 Å². The number of carbonyl (C=O) groups is 3. The Morgan fingerprint density at radius 3 is 2.00 bits per heavy atom. The second-order valence-corrected chi connectivity index (χ2v) is 3.88. The highest BCUT2D eigenvalue weighted by molar-refractivity contribution is 5.80. The number of rotatable bonds is 8. The minimum absolute atomic E-state index is 0.0258. The molecule has 1 amide bonds. The van der Waals surface area contributed by atoms with E-state index in [-0.39, 0.29) is 18.7 Å². The molecule has 10 heteroatoms. The second-order valence-electron chi connectivity index (χ2n) is 3.88. The number of carbonyl (C=O) groups excluding carboxylic acids is 2. The van der Waals surface area contributed by atoms with Gasteiger partial charge in [-0.3, -0.25) is 9.59 Å². The van der Waals surface area contributed by atoms with Crippen LogP contribution in [-0.2, 0) is 14.4 Å². The molecule has 0 fully saturated rings. The lowest BCUT2D eigenvalue weighted by atomic mass is 10.0. The summed E-state index contributed by atoms with van der Waals surface area (Å²) in [6.07, 6.45) is -6.51. The fourth-order valence-electron chi connectivity index (χ4n) is 0.917. The summed E-state index contributed by atoms with van der Waals surface area (Å²) >= 11 is 0. The van der Waals surface area contributed by atoms with Gasteiger partial charge in [-0.15, -0.1) is 0 Å². The molecule has 124 valence electrons. The Labute approximate surface area is 120 Å². The molecule has 0 radical (unpaired) electrons. The molecule has 7 N–H and O–H groups in total. The van der Waals surface area contributed by atoms with Gasteiger partial charge >= 0.3 is 5.97 Å².